The summed E-state index contributed by atoms with van der Waals surface area (Å²) in [6.07, 6.45) is 8.00. The Hall–Kier alpha value is -0.890. The molecule has 4 aliphatic rings. The molecule has 0 bridgehead atoms. The van der Waals surface area contributed by atoms with E-state index in [1.807, 2.05) is 13.0 Å². The number of ketones is 1. The van der Waals surface area contributed by atoms with Crippen molar-refractivity contribution in [3.05, 3.63) is 22.8 Å². The van der Waals surface area contributed by atoms with E-state index in [1.54, 1.807) is 0 Å². The van der Waals surface area contributed by atoms with E-state index >= 15 is 0 Å². The largest absolute Gasteiger partial charge is 0.390 e. The lowest BCUT2D eigenvalue weighted by atomic mass is 9.55. The van der Waals surface area contributed by atoms with Gasteiger partial charge in [0.2, 0.25) is 0 Å². The molecule has 0 radical (unpaired) electrons. The van der Waals surface area contributed by atoms with Crippen LogP contribution in [0.2, 0.25) is 0 Å². The summed E-state index contributed by atoms with van der Waals surface area (Å²) in [6, 6.07) is 0. The monoisotopic (exact) mass is 289 g/mol. The molecule has 21 heavy (non-hydrogen) atoms. The molecule has 1 N–H and O–H groups in total. The van der Waals surface area contributed by atoms with Gasteiger partial charge in [-0.25, -0.2) is 0 Å². The minimum absolute atomic E-state index is 0.242. The van der Waals surface area contributed by atoms with Crippen molar-refractivity contribution in [3.63, 3.8) is 0 Å². The third-order valence-electron chi connectivity index (χ3n) is 6.88. The molecule has 2 nitrogen and oxygen atoms in total. The SMILES string of the molecule is [2H]C([2H])([2H])[C@@]1(O)CC[C@H]2[C@@H]3CCC4=CC(=O)CCC4=C3CC[C@@]21C. The van der Waals surface area contributed by atoms with E-state index in [4.69, 9.17) is 4.11 Å². The van der Waals surface area contributed by atoms with Crippen molar-refractivity contribution in [1.29, 1.82) is 0 Å². The molecule has 2 saturated carbocycles. The highest BCUT2D eigenvalue weighted by atomic mass is 16.3. The van der Waals surface area contributed by atoms with Crippen LogP contribution in [-0.2, 0) is 4.79 Å². The minimum atomic E-state index is -2.32. The molecular weight excluding hydrogens is 260 g/mol. The van der Waals surface area contributed by atoms with E-state index in [0.29, 0.717) is 18.8 Å². The van der Waals surface area contributed by atoms with Crippen LogP contribution < -0.4 is 0 Å². The molecule has 0 heterocycles. The van der Waals surface area contributed by atoms with Crippen molar-refractivity contribution in [2.75, 3.05) is 0 Å². The number of hydrogen-bond donors (Lipinski definition) is 1. The molecule has 4 aliphatic carbocycles. The van der Waals surface area contributed by atoms with Crippen molar-refractivity contribution in [3.8, 4) is 0 Å². The first-order chi connectivity index (χ1) is 11.2. The van der Waals surface area contributed by atoms with Gasteiger partial charge in [-0.1, -0.05) is 12.5 Å². The van der Waals surface area contributed by atoms with Crippen LogP contribution in [0.25, 0.3) is 0 Å². The Bertz CT molecular complexity index is 660. The Morgan fingerprint density at radius 3 is 2.90 bits per heavy atom. The van der Waals surface area contributed by atoms with Gasteiger partial charge < -0.3 is 5.11 Å². The highest BCUT2D eigenvalue weighted by molar-refractivity contribution is 5.93. The lowest BCUT2D eigenvalue weighted by molar-refractivity contribution is -0.114. The Kier molecular flexibility index (Phi) is 2.21. The van der Waals surface area contributed by atoms with Gasteiger partial charge in [-0.05, 0) is 86.3 Å². The average Bonchev–Trinajstić information content (AvgIpc) is 2.79. The van der Waals surface area contributed by atoms with Gasteiger partial charge in [0, 0.05) is 10.5 Å². The maximum Gasteiger partial charge on any atom is 0.156 e. The Balaban J connectivity index is 1.74. The zero-order chi connectivity index (χ0) is 17.3. The van der Waals surface area contributed by atoms with Crippen LogP contribution >= 0.6 is 0 Å². The highest BCUT2D eigenvalue weighted by Crippen LogP contribution is 2.63. The van der Waals surface area contributed by atoms with E-state index in [2.05, 4.69) is 0 Å². The summed E-state index contributed by atoms with van der Waals surface area (Å²) in [6.45, 7) is -0.313. The van der Waals surface area contributed by atoms with Crippen LogP contribution in [0.5, 0.6) is 0 Å². The van der Waals surface area contributed by atoms with Crippen LogP contribution in [0.3, 0.4) is 0 Å². The molecule has 0 unspecified atom stereocenters. The molecule has 4 atom stereocenters. The molecule has 0 spiro atoms. The van der Waals surface area contributed by atoms with Crippen LogP contribution in [0.1, 0.15) is 69.3 Å². The van der Waals surface area contributed by atoms with E-state index in [1.165, 1.54) is 16.7 Å². The molecule has 0 saturated heterocycles. The Morgan fingerprint density at radius 2 is 2.10 bits per heavy atom. The van der Waals surface area contributed by atoms with Crippen LogP contribution in [0.15, 0.2) is 22.8 Å². The predicted octanol–water partition coefficient (Wildman–Crippen LogP) is 3.94. The van der Waals surface area contributed by atoms with E-state index in [9.17, 15) is 9.90 Å². The van der Waals surface area contributed by atoms with Crippen LogP contribution in [0, 0.1) is 17.3 Å². The van der Waals surface area contributed by atoms with Crippen molar-refractivity contribution in [2.45, 2.75) is 70.7 Å². The number of carbonyl (C=O) groups excluding carboxylic acids is 1. The third-order valence-corrected chi connectivity index (χ3v) is 6.88. The molecule has 0 aromatic rings. The first-order valence-corrected chi connectivity index (χ1v) is 8.35. The van der Waals surface area contributed by atoms with E-state index in [0.717, 1.165) is 38.5 Å². The summed E-state index contributed by atoms with van der Waals surface area (Å²) in [5.74, 6) is 0.880. The molecule has 0 aliphatic heterocycles. The lowest BCUT2D eigenvalue weighted by Crippen LogP contribution is -2.48. The summed E-state index contributed by atoms with van der Waals surface area (Å²) in [7, 11) is 0. The number of fused-ring (bicyclic) bond motifs is 4. The highest BCUT2D eigenvalue weighted by Gasteiger charge is 2.58. The molecule has 4 rings (SSSR count). The van der Waals surface area contributed by atoms with Crippen molar-refractivity contribution in [1.82, 2.24) is 0 Å². The van der Waals surface area contributed by atoms with Crippen LogP contribution in [0.4, 0.5) is 0 Å². The second kappa shape index (κ2) is 4.32. The standard InChI is InChI=1S/C19H26O2/c1-18-9-7-15-14-6-4-13(20)11-12(14)3-5-16(15)17(18)8-10-19(18,2)21/h11,16-17,21H,3-10H2,1-2H3/t16-,17+,18+,19-/m1/s1/i2D3. The predicted molar refractivity (Wildman–Crippen MR) is 82.8 cm³/mol. The summed E-state index contributed by atoms with van der Waals surface area (Å²) in [5, 5.41) is 11.1. The maximum absolute atomic E-state index is 11.7. The second-order valence-electron chi connectivity index (χ2n) is 7.71. The fourth-order valence-corrected chi connectivity index (χ4v) is 5.55. The topological polar surface area (TPSA) is 37.3 Å². The van der Waals surface area contributed by atoms with E-state index in [-0.39, 0.29) is 11.7 Å². The second-order valence-corrected chi connectivity index (χ2v) is 7.71. The van der Waals surface area contributed by atoms with Gasteiger partial charge in [0.15, 0.2) is 5.78 Å². The number of carbonyl (C=O) groups is 1. The quantitative estimate of drug-likeness (QED) is 0.733. The smallest absolute Gasteiger partial charge is 0.156 e. The van der Waals surface area contributed by atoms with Gasteiger partial charge in [0.05, 0.1) is 5.60 Å². The zero-order valence-corrected chi connectivity index (χ0v) is 12.7. The average molecular weight is 289 g/mol. The number of allylic oxidation sites excluding steroid dienone is 4. The lowest BCUT2D eigenvalue weighted by Gasteiger charge is -2.51. The maximum atomic E-state index is 11.7. The molecule has 0 aromatic heterocycles. The molecule has 114 valence electrons. The summed E-state index contributed by atoms with van der Waals surface area (Å²) in [5.41, 5.74) is 2.00. The first kappa shape index (κ1) is 10.8. The van der Waals surface area contributed by atoms with Gasteiger partial charge in [0.25, 0.3) is 0 Å². The van der Waals surface area contributed by atoms with Gasteiger partial charge in [-0.15, -0.1) is 0 Å². The molecular formula is C19H26O2. The molecule has 0 aromatic carbocycles. The number of aliphatic hydroxyl groups is 1. The summed E-state index contributed by atoms with van der Waals surface area (Å²) < 4.78 is 23.7. The number of rotatable bonds is 0. The fraction of sp³-hybridized carbons (Fsp3) is 0.737. The van der Waals surface area contributed by atoms with Crippen molar-refractivity contribution < 1.29 is 14.0 Å². The van der Waals surface area contributed by atoms with Gasteiger partial charge in [-0.3, -0.25) is 4.79 Å². The molecule has 2 fully saturated rings. The summed E-state index contributed by atoms with van der Waals surface area (Å²) in [4.78, 5) is 11.7. The fourth-order valence-electron chi connectivity index (χ4n) is 5.55. The van der Waals surface area contributed by atoms with Crippen molar-refractivity contribution in [2.24, 2.45) is 17.3 Å². The molecule has 0 amide bonds. The normalized spacial score (nSPS) is 48.6. The molecule has 2 heteroatoms. The zero-order valence-electron chi connectivity index (χ0n) is 15.7. The Morgan fingerprint density at radius 1 is 1.24 bits per heavy atom. The van der Waals surface area contributed by atoms with Gasteiger partial charge >= 0.3 is 0 Å². The summed E-state index contributed by atoms with van der Waals surface area (Å²) >= 11 is 0. The van der Waals surface area contributed by atoms with Crippen LogP contribution in [-0.4, -0.2) is 16.5 Å². The Labute approximate surface area is 131 Å². The van der Waals surface area contributed by atoms with Gasteiger partial charge in [0.1, 0.15) is 0 Å². The van der Waals surface area contributed by atoms with Crippen molar-refractivity contribution >= 4 is 5.78 Å². The number of hydrogen-bond acceptors (Lipinski definition) is 2. The van der Waals surface area contributed by atoms with Gasteiger partial charge in [-0.2, -0.15) is 0 Å². The minimum Gasteiger partial charge on any atom is -0.390 e. The first-order valence-electron chi connectivity index (χ1n) is 9.85. The van der Waals surface area contributed by atoms with E-state index < -0.39 is 17.9 Å². The third kappa shape index (κ3) is 1.78.